The van der Waals surface area contributed by atoms with Gasteiger partial charge in [-0.25, -0.2) is 15.0 Å². The molecule has 0 fully saturated rings. The molecule has 7 aromatic rings. The van der Waals surface area contributed by atoms with E-state index in [1.165, 1.54) is 0 Å². The van der Waals surface area contributed by atoms with Crippen LogP contribution in [-0.4, -0.2) is 31.0 Å². The average molecular weight is 670 g/mol. The topological polar surface area (TPSA) is 70.9 Å². The summed E-state index contributed by atoms with van der Waals surface area (Å²) in [4.78, 5) is 29.9. The molecule has 10 rings (SSSR count). The van der Waals surface area contributed by atoms with E-state index in [2.05, 4.69) is 113 Å². The van der Waals surface area contributed by atoms with E-state index in [0.717, 1.165) is 62.1 Å². The molecule has 0 radical (unpaired) electrons. The first-order valence-electron chi connectivity index (χ1n) is 17.4. The number of nitrogens with zero attached hydrogens (tertiary/aromatic N) is 7. The fourth-order valence-electron chi connectivity index (χ4n) is 7.60. The van der Waals surface area contributed by atoms with E-state index in [0.29, 0.717) is 17.5 Å². The number of hydrogen-bond donors (Lipinski definition) is 0. The summed E-state index contributed by atoms with van der Waals surface area (Å²) in [5.41, 5.74) is 9.85. The lowest BCUT2D eigenvalue weighted by Crippen LogP contribution is -2.37. The van der Waals surface area contributed by atoms with Crippen molar-refractivity contribution in [2.75, 3.05) is 9.80 Å². The highest BCUT2D eigenvalue weighted by atomic mass is 15.4. The van der Waals surface area contributed by atoms with Gasteiger partial charge in [-0.05, 0) is 30.3 Å². The molecule has 1 aliphatic carbocycles. The largest absolute Gasteiger partial charge is 0.319 e. The van der Waals surface area contributed by atoms with Crippen LogP contribution in [0.4, 0.5) is 17.1 Å². The minimum absolute atomic E-state index is 0.00491. The molecule has 52 heavy (non-hydrogen) atoms. The standard InChI is InChI=1S/C45H31N7/c1-4-15-30(16-5-1)42-48-43(31-17-6-2-7-18-31)50-44(49-42)32-19-14-22-34(29-32)52-37-25-12-10-23-35(37)39-41-40(46-27-28-47-41)36-24-11-13-26-38(36)51(45(39)52)33-20-8-3-9-21-33/h1-29,35,37H. The molecule has 4 heterocycles. The van der Waals surface area contributed by atoms with Crippen molar-refractivity contribution in [3.05, 3.63) is 188 Å². The number of benzene rings is 5. The third-order valence-electron chi connectivity index (χ3n) is 9.87. The second-order valence-electron chi connectivity index (χ2n) is 12.9. The van der Waals surface area contributed by atoms with Crippen molar-refractivity contribution in [2.24, 2.45) is 5.92 Å². The number of hydrogen-bond acceptors (Lipinski definition) is 7. The van der Waals surface area contributed by atoms with E-state index >= 15 is 0 Å². The van der Waals surface area contributed by atoms with Crippen LogP contribution in [0.3, 0.4) is 0 Å². The predicted molar refractivity (Wildman–Crippen MR) is 207 cm³/mol. The molecule has 0 bridgehead atoms. The third kappa shape index (κ3) is 4.94. The molecular formula is C45H31N7. The minimum Gasteiger partial charge on any atom is -0.319 e. The monoisotopic (exact) mass is 669 g/mol. The Balaban J connectivity index is 1.20. The average Bonchev–Trinajstić information content (AvgIpc) is 3.50. The lowest BCUT2D eigenvalue weighted by atomic mass is 9.88. The van der Waals surface area contributed by atoms with Crippen molar-refractivity contribution in [3.63, 3.8) is 0 Å². The van der Waals surface area contributed by atoms with Gasteiger partial charge in [-0.1, -0.05) is 133 Å². The number of para-hydroxylation sites is 2. The summed E-state index contributed by atoms with van der Waals surface area (Å²) in [6.45, 7) is 0. The molecule has 5 aromatic carbocycles. The molecule has 2 unspecified atom stereocenters. The number of anilines is 3. The summed E-state index contributed by atoms with van der Waals surface area (Å²) in [5.74, 6) is 2.96. The van der Waals surface area contributed by atoms with E-state index < -0.39 is 0 Å². The van der Waals surface area contributed by atoms with E-state index in [1.807, 2.05) is 60.7 Å². The summed E-state index contributed by atoms with van der Waals surface area (Å²) < 4.78 is 0. The molecule has 2 atom stereocenters. The molecule has 0 N–H and O–H groups in total. The smallest absolute Gasteiger partial charge is 0.164 e. The van der Waals surface area contributed by atoms with Crippen LogP contribution >= 0.6 is 0 Å². The maximum atomic E-state index is 5.06. The number of aromatic nitrogens is 5. The molecule has 2 aromatic heterocycles. The van der Waals surface area contributed by atoms with E-state index in [4.69, 9.17) is 24.9 Å². The lowest BCUT2D eigenvalue weighted by molar-refractivity contribution is 0.699. The van der Waals surface area contributed by atoms with Crippen LogP contribution in [0, 0.1) is 5.92 Å². The third-order valence-corrected chi connectivity index (χ3v) is 9.87. The van der Waals surface area contributed by atoms with E-state index in [1.54, 1.807) is 12.4 Å². The van der Waals surface area contributed by atoms with Crippen molar-refractivity contribution in [1.82, 2.24) is 24.9 Å². The van der Waals surface area contributed by atoms with Crippen LogP contribution in [-0.2, 0) is 0 Å². The summed E-state index contributed by atoms with van der Waals surface area (Å²) >= 11 is 0. The van der Waals surface area contributed by atoms with Crippen LogP contribution in [0.2, 0.25) is 0 Å². The van der Waals surface area contributed by atoms with E-state index in [-0.39, 0.29) is 12.0 Å². The quantitative estimate of drug-likeness (QED) is 0.181. The van der Waals surface area contributed by atoms with Gasteiger partial charge in [0.15, 0.2) is 17.5 Å². The van der Waals surface area contributed by atoms with Crippen molar-refractivity contribution < 1.29 is 0 Å². The summed E-state index contributed by atoms with van der Waals surface area (Å²) in [6.07, 6.45) is 12.5. The maximum Gasteiger partial charge on any atom is 0.164 e. The Labute approximate surface area is 301 Å². The van der Waals surface area contributed by atoms with E-state index in [9.17, 15) is 0 Å². The van der Waals surface area contributed by atoms with Crippen LogP contribution in [0.1, 0.15) is 5.69 Å². The molecule has 0 spiro atoms. The van der Waals surface area contributed by atoms with Gasteiger partial charge in [0.1, 0.15) is 5.82 Å². The van der Waals surface area contributed by atoms with Crippen molar-refractivity contribution in [2.45, 2.75) is 6.04 Å². The number of rotatable bonds is 5. The predicted octanol–water partition coefficient (Wildman–Crippen LogP) is 9.78. The fourth-order valence-corrected chi connectivity index (χ4v) is 7.60. The van der Waals surface area contributed by atoms with Crippen molar-refractivity contribution in [1.29, 1.82) is 0 Å². The van der Waals surface area contributed by atoms with Crippen LogP contribution < -0.4 is 9.80 Å². The first-order valence-corrected chi connectivity index (χ1v) is 17.4. The first kappa shape index (κ1) is 29.9. The van der Waals surface area contributed by atoms with Gasteiger partial charge in [-0.2, -0.15) is 0 Å². The molecule has 0 saturated heterocycles. The Bertz CT molecular complexity index is 2490. The molecule has 2 aliphatic heterocycles. The van der Waals surface area contributed by atoms with Gasteiger partial charge in [0.05, 0.1) is 23.1 Å². The molecule has 7 nitrogen and oxygen atoms in total. The zero-order chi connectivity index (χ0) is 34.4. The maximum absolute atomic E-state index is 5.06. The second-order valence-corrected chi connectivity index (χ2v) is 12.9. The highest BCUT2D eigenvalue weighted by molar-refractivity contribution is 5.98. The van der Waals surface area contributed by atoms with Crippen molar-refractivity contribution >= 4 is 22.6 Å². The Kier molecular flexibility index (Phi) is 7.13. The molecule has 3 aliphatic rings. The highest BCUT2D eigenvalue weighted by Gasteiger charge is 2.46. The Morgan fingerprint density at radius 3 is 1.75 bits per heavy atom. The van der Waals surface area contributed by atoms with Crippen LogP contribution in [0.25, 0.3) is 51.0 Å². The zero-order valence-corrected chi connectivity index (χ0v) is 28.0. The van der Waals surface area contributed by atoms with Gasteiger partial charge in [0.2, 0.25) is 0 Å². The summed E-state index contributed by atoms with van der Waals surface area (Å²) in [5, 5.41) is 0. The highest BCUT2D eigenvalue weighted by Crippen LogP contribution is 2.54. The fraction of sp³-hybridized carbons (Fsp3) is 0.0444. The minimum atomic E-state index is -0.00491. The Morgan fingerprint density at radius 1 is 0.481 bits per heavy atom. The lowest BCUT2D eigenvalue weighted by Gasteiger charge is -2.37. The molecule has 7 heteroatoms. The van der Waals surface area contributed by atoms with Gasteiger partial charge in [-0.3, -0.25) is 14.9 Å². The Morgan fingerprint density at radius 2 is 1.04 bits per heavy atom. The van der Waals surface area contributed by atoms with Gasteiger partial charge in [0, 0.05) is 57.5 Å². The van der Waals surface area contributed by atoms with Gasteiger partial charge >= 0.3 is 0 Å². The second kappa shape index (κ2) is 12.4. The van der Waals surface area contributed by atoms with Crippen molar-refractivity contribution in [3.8, 4) is 45.4 Å². The van der Waals surface area contributed by atoms with Gasteiger partial charge < -0.3 is 4.90 Å². The number of allylic oxidation sites excluding steroid dienone is 2. The molecular weight excluding hydrogens is 639 g/mol. The number of fused-ring (bicyclic) bond motifs is 6. The first-order chi connectivity index (χ1) is 25.8. The molecule has 0 amide bonds. The SMILES string of the molecule is C1=CC2C3=C(N(c4ccccc4)c4ccccc4-c4nccnc43)N(c3cccc(-c4nc(-c5ccccc5)nc(-c5ccccc5)n4)c3)C2C=C1. The molecule has 0 saturated carbocycles. The summed E-state index contributed by atoms with van der Waals surface area (Å²) in [7, 11) is 0. The molecule has 246 valence electrons. The van der Waals surface area contributed by atoms with Gasteiger partial charge in [0.25, 0.3) is 0 Å². The van der Waals surface area contributed by atoms with Crippen LogP contribution in [0.5, 0.6) is 0 Å². The van der Waals surface area contributed by atoms with Crippen LogP contribution in [0.15, 0.2) is 182 Å². The normalized spacial score (nSPS) is 16.9. The zero-order valence-electron chi connectivity index (χ0n) is 28.0. The Hall–Kier alpha value is -6.99. The van der Waals surface area contributed by atoms with Gasteiger partial charge in [-0.15, -0.1) is 0 Å². The summed E-state index contributed by atoms with van der Waals surface area (Å²) in [6, 6.07) is 47.8.